The Labute approximate surface area is 137 Å². The Morgan fingerprint density at radius 1 is 1.27 bits per heavy atom. The molecule has 1 saturated heterocycles. The summed E-state index contributed by atoms with van der Waals surface area (Å²) in [6.07, 6.45) is -0.632. The first-order valence-corrected chi connectivity index (χ1v) is 11.4. The van der Waals surface area contributed by atoms with E-state index in [4.69, 9.17) is 13.3 Å². The number of carbonyl (C=O) groups is 1. The van der Waals surface area contributed by atoms with Crippen LogP contribution in [-0.4, -0.2) is 47.8 Å². The Bertz CT molecular complexity index is 441. The van der Waals surface area contributed by atoms with Gasteiger partial charge in [0, 0.05) is 0 Å². The SMILES string of the molecule is CC(C)(C)OC(=O)N1C(CO[Si](C)(C)C(C)(C)C)COS1=O. The van der Waals surface area contributed by atoms with Gasteiger partial charge in [-0.15, -0.1) is 0 Å². The van der Waals surface area contributed by atoms with Gasteiger partial charge in [0.15, 0.2) is 8.32 Å². The Morgan fingerprint density at radius 3 is 2.27 bits per heavy atom. The van der Waals surface area contributed by atoms with Crippen molar-refractivity contribution in [2.24, 2.45) is 0 Å². The molecule has 0 aliphatic carbocycles. The van der Waals surface area contributed by atoms with Crippen molar-refractivity contribution >= 4 is 25.7 Å². The zero-order valence-corrected chi connectivity index (χ0v) is 16.7. The van der Waals surface area contributed by atoms with Gasteiger partial charge >= 0.3 is 6.09 Å². The van der Waals surface area contributed by atoms with E-state index in [0.29, 0.717) is 6.61 Å². The monoisotopic (exact) mass is 351 g/mol. The highest BCUT2D eigenvalue weighted by Gasteiger charge is 2.43. The Morgan fingerprint density at radius 2 is 1.82 bits per heavy atom. The molecule has 2 atom stereocenters. The van der Waals surface area contributed by atoms with E-state index in [-0.39, 0.29) is 17.7 Å². The fraction of sp³-hybridized carbons (Fsp3) is 0.929. The summed E-state index contributed by atoms with van der Waals surface area (Å²) in [6.45, 7) is 16.5. The van der Waals surface area contributed by atoms with E-state index in [1.807, 2.05) is 0 Å². The molecule has 2 unspecified atom stereocenters. The molecule has 0 aromatic heterocycles. The smallest absolute Gasteiger partial charge is 0.424 e. The third-order valence-electron chi connectivity index (χ3n) is 3.87. The Balaban J connectivity index is 2.74. The second kappa shape index (κ2) is 6.58. The second-order valence-electron chi connectivity index (χ2n) is 8.03. The van der Waals surface area contributed by atoms with Crippen LogP contribution in [0.1, 0.15) is 41.5 Å². The minimum absolute atomic E-state index is 0.0718. The summed E-state index contributed by atoms with van der Waals surface area (Å²) in [7, 11) is -1.94. The molecular formula is C14H29NO5SSi. The van der Waals surface area contributed by atoms with Gasteiger partial charge in [0.1, 0.15) is 5.60 Å². The van der Waals surface area contributed by atoms with Crippen molar-refractivity contribution in [1.82, 2.24) is 4.31 Å². The first-order chi connectivity index (χ1) is 9.74. The molecule has 0 bridgehead atoms. The average molecular weight is 352 g/mol. The molecule has 0 aromatic carbocycles. The van der Waals surface area contributed by atoms with E-state index in [2.05, 4.69) is 33.9 Å². The summed E-state index contributed by atoms with van der Waals surface area (Å²) in [6, 6.07) is -0.384. The predicted octanol–water partition coefficient (Wildman–Crippen LogP) is 3.22. The summed E-state index contributed by atoms with van der Waals surface area (Å²) >= 11 is -1.81. The van der Waals surface area contributed by atoms with Crippen LogP contribution in [0.4, 0.5) is 4.79 Å². The number of nitrogens with zero attached hydrogens (tertiary/aromatic N) is 1. The molecule has 1 aliphatic rings. The zero-order valence-electron chi connectivity index (χ0n) is 14.9. The third kappa shape index (κ3) is 5.04. The van der Waals surface area contributed by atoms with Gasteiger partial charge in [-0.3, -0.25) is 4.18 Å². The van der Waals surface area contributed by atoms with Gasteiger partial charge in [0.05, 0.1) is 19.3 Å². The first-order valence-electron chi connectivity index (χ1n) is 7.46. The van der Waals surface area contributed by atoms with Crippen molar-refractivity contribution in [3.8, 4) is 0 Å². The Hall–Kier alpha value is -0.443. The van der Waals surface area contributed by atoms with Crippen LogP contribution in [0.3, 0.4) is 0 Å². The average Bonchev–Trinajstić information content (AvgIpc) is 2.64. The van der Waals surface area contributed by atoms with Gasteiger partial charge < -0.3 is 9.16 Å². The molecule has 0 N–H and O–H groups in total. The topological polar surface area (TPSA) is 65.1 Å². The molecule has 1 aliphatic heterocycles. The molecule has 0 spiro atoms. The molecule has 0 aromatic rings. The highest BCUT2D eigenvalue weighted by atomic mass is 32.2. The number of carbonyl (C=O) groups excluding carboxylic acids is 1. The molecule has 8 heteroatoms. The van der Waals surface area contributed by atoms with E-state index in [0.717, 1.165) is 4.31 Å². The van der Waals surface area contributed by atoms with Crippen molar-refractivity contribution in [3.05, 3.63) is 0 Å². The van der Waals surface area contributed by atoms with Crippen LogP contribution in [0.25, 0.3) is 0 Å². The maximum Gasteiger partial charge on any atom is 0.424 e. The van der Waals surface area contributed by atoms with E-state index in [1.165, 1.54) is 0 Å². The van der Waals surface area contributed by atoms with E-state index >= 15 is 0 Å². The zero-order chi connectivity index (χ0) is 17.3. The fourth-order valence-electron chi connectivity index (χ4n) is 1.54. The highest BCUT2D eigenvalue weighted by Crippen LogP contribution is 2.37. The summed E-state index contributed by atoms with van der Waals surface area (Å²) in [5, 5.41) is 0.0718. The van der Waals surface area contributed by atoms with Gasteiger partial charge in [0.2, 0.25) is 0 Å². The number of ether oxygens (including phenoxy) is 1. The lowest BCUT2D eigenvalue weighted by Crippen LogP contribution is -2.47. The van der Waals surface area contributed by atoms with Crippen LogP contribution in [0.15, 0.2) is 0 Å². The lowest BCUT2D eigenvalue weighted by atomic mass is 10.2. The lowest BCUT2D eigenvalue weighted by molar-refractivity contribution is 0.0328. The molecule has 1 amide bonds. The fourth-order valence-corrected chi connectivity index (χ4v) is 3.49. The predicted molar refractivity (Wildman–Crippen MR) is 89.1 cm³/mol. The van der Waals surface area contributed by atoms with Crippen molar-refractivity contribution in [2.75, 3.05) is 13.2 Å². The minimum Gasteiger partial charge on any atom is -0.443 e. The van der Waals surface area contributed by atoms with Gasteiger partial charge in [-0.1, -0.05) is 20.8 Å². The van der Waals surface area contributed by atoms with Gasteiger partial charge in [-0.2, -0.15) is 4.31 Å². The minimum atomic E-state index is -1.94. The summed E-state index contributed by atoms with van der Waals surface area (Å²) in [4.78, 5) is 12.2. The number of amides is 1. The normalized spacial score (nSPS) is 23.7. The molecule has 1 rings (SSSR count). The maximum atomic E-state index is 12.2. The molecule has 1 fully saturated rings. The molecule has 0 radical (unpaired) electrons. The summed E-state index contributed by atoms with van der Waals surface area (Å²) in [5.74, 6) is 0. The van der Waals surface area contributed by atoms with Crippen LogP contribution in [0, 0.1) is 0 Å². The van der Waals surface area contributed by atoms with Crippen LogP contribution in [0.2, 0.25) is 18.1 Å². The lowest BCUT2D eigenvalue weighted by Gasteiger charge is -2.37. The third-order valence-corrected chi connectivity index (χ3v) is 9.48. The van der Waals surface area contributed by atoms with Crippen LogP contribution in [0.5, 0.6) is 0 Å². The molecule has 22 heavy (non-hydrogen) atoms. The van der Waals surface area contributed by atoms with Crippen molar-refractivity contribution in [3.63, 3.8) is 0 Å². The van der Waals surface area contributed by atoms with Gasteiger partial charge in [0.25, 0.3) is 11.3 Å². The summed E-state index contributed by atoms with van der Waals surface area (Å²) < 4.78 is 29.5. The first kappa shape index (κ1) is 19.6. The van der Waals surface area contributed by atoms with Crippen LogP contribution < -0.4 is 0 Å². The number of hydrogen-bond donors (Lipinski definition) is 0. The maximum absolute atomic E-state index is 12.2. The molecule has 1 heterocycles. The van der Waals surface area contributed by atoms with Crippen molar-refractivity contribution < 1.29 is 22.3 Å². The van der Waals surface area contributed by atoms with Gasteiger partial charge in [-0.05, 0) is 38.9 Å². The van der Waals surface area contributed by atoms with Crippen LogP contribution >= 0.6 is 0 Å². The second-order valence-corrected chi connectivity index (χ2v) is 13.9. The molecule has 6 nitrogen and oxygen atoms in total. The Kier molecular flexibility index (Phi) is 5.87. The number of rotatable bonds is 3. The van der Waals surface area contributed by atoms with Gasteiger partial charge in [-0.25, -0.2) is 9.00 Å². The van der Waals surface area contributed by atoms with E-state index < -0.39 is 31.3 Å². The standard InChI is InChI=1S/C14H29NO5SSi/c1-13(2,3)20-12(16)15-11(9-18-21(15)17)10-19-22(7,8)14(4,5)6/h11H,9-10H2,1-8H3. The molecular weight excluding hydrogens is 322 g/mol. The quantitative estimate of drug-likeness (QED) is 0.731. The largest absolute Gasteiger partial charge is 0.443 e. The van der Waals surface area contributed by atoms with Crippen molar-refractivity contribution in [2.45, 2.75) is 71.3 Å². The van der Waals surface area contributed by atoms with E-state index in [9.17, 15) is 9.00 Å². The van der Waals surface area contributed by atoms with Crippen molar-refractivity contribution in [1.29, 1.82) is 0 Å². The molecule has 0 saturated carbocycles. The van der Waals surface area contributed by atoms with E-state index in [1.54, 1.807) is 20.8 Å². The summed E-state index contributed by atoms with van der Waals surface area (Å²) in [5.41, 5.74) is -0.644. The highest BCUT2D eigenvalue weighted by molar-refractivity contribution is 7.78. The molecule has 130 valence electrons. The van der Waals surface area contributed by atoms with Crippen LogP contribution in [-0.2, 0) is 24.6 Å². The number of hydrogen-bond acceptors (Lipinski definition) is 5.